The molecule has 2 fully saturated rings. The number of hydrogen-bond donors (Lipinski definition) is 2. The van der Waals surface area contributed by atoms with Gasteiger partial charge < -0.3 is 15.3 Å². The Hall–Kier alpha value is -2.88. The molecule has 2 amide bonds. The van der Waals surface area contributed by atoms with E-state index in [0.29, 0.717) is 18.6 Å². The highest BCUT2D eigenvalue weighted by atomic mass is 19.4. The molecule has 1 aromatic carbocycles. The van der Waals surface area contributed by atoms with Crippen LogP contribution in [-0.2, 0) is 11.3 Å². The van der Waals surface area contributed by atoms with Gasteiger partial charge in [0.05, 0.1) is 0 Å². The Morgan fingerprint density at radius 2 is 1.84 bits per heavy atom. The quantitative estimate of drug-likeness (QED) is 0.508. The van der Waals surface area contributed by atoms with Crippen molar-refractivity contribution in [3.05, 3.63) is 48.0 Å². The van der Waals surface area contributed by atoms with Gasteiger partial charge >= 0.3 is 18.2 Å². The number of aliphatic carboxylic acids is 1. The highest BCUT2D eigenvalue weighted by Gasteiger charge is 2.53. The second kappa shape index (κ2) is 12.1. The van der Waals surface area contributed by atoms with Gasteiger partial charge in [-0.05, 0) is 45.1 Å². The van der Waals surface area contributed by atoms with Crippen molar-refractivity contribution in [2.45, 2.75) is 89.1 Å². The summed E-state index contributed by atoms with van der Waals surface area (Å²) in [6.45, 7) is 10.9. The molecule has 7 nitrogen and oxygen atoms in total. The molecule has 204 valence electrons. The Morgan fingerprint density at radius 1 is 1.22 bits per heavy atom. The van der Waals surface area contributed by atoms with Crippen molar-refractivity contribution in [2.24, 2.45) is 4.99 Å². The number of carbonyl (C=O) groups is 2. The van der Waals surface area contributed by atoms with Crippen molar-refractivity contribution in [1.29, 1.82) is 0 Å². The van der Waals surface area contributed by atoms with E-state index < -0.39 is 12.1 Å². The van der Waals surface area contributed by atoms with Crippen LogP contribution in [0.5, 0.6) is 0 Å². The van der Waals surface area contributed by atoms with Crippen LogP contribution in [0.15, 0.2) is 47.5 Å². The minimum Gasteiger partial charge on any atom is -0.475 e. The van der Waals surface area contributed by atoms with Crippen molar-refractivity contribution < 1.29 is 27.9 Å². The predicted octanol–water partition coefficient (Wildman–Crippen LogP) is 5.38. The van der Waals surface area contributed by atoms with E-state index in [1.807, 2.05) is 11.8 Å². The second-order valence-electron chi connectivity index (χ2n) is 10.4. The zero-order valence-electron chi connectivity index (χ0n) is 21.6. The number of likely N-dealkylation sites (tertiary alicyclic amines) is 1. The van der Waals surface area contributed by atoms with Crippen LogP contribution < -0.4 is 5.32 Å². The predicted molar refractivity (Wildman–Crippen MR) is 136 cm³/mol. The lowest BCUT2D eigenvalue weighted by Gasteiger charge is -2.49. The number of benzene rings is 1. The SMILES string of the molecule is C=C(C)CN1C(=O)N=C(NC2CCCCC2)[C@@]12CCN(Cc1ccccc1)[C@H](C)C2.O=C(O)C(F)(F)F. The zero-order chi connectivity index (χ0) is 27.2. The monoisotopic (exact) mass is 522 g/mol. The lowest BCUT2D eigenvalue weighted by molar-refractivity contribution is -0.192. The third-order valence-electron chi connectivity index (χ3n) is 7.31. The fourth-order valence-corrected chi connectivity index (χ4v) is 5.45. The van der Waals surface area contributed by atoms with Crippen LogP contribution in [0, 0.1) is 0 Å². The Bertz CT molecular complexity index is 992. The summed E-state index contributed by atoms with van der Waals surface area (Å²) < 4.78 is 31.7. The topological polar surface area (TPSA) is 85.2 Å². The molecule has 10 heteroatoms. The van der Waals surface area contributed by atoms with E-state index in [0.717, 1.165) is 37.3 Å². The number of urea groups is 1. The lowest BCUT2D eigenvalue weighted by atomic mass is 9.80. The van der Waals surface area contributed by atoms with Gasteiger partial charge in [0.25, 0.3) is 0 Å². The van der Waals surface area contributed by atoms with E-state index in [2.05, 4.69) is 59.0 Å². The molecule has 1 aromatic rings. The summed E-state index contributed by atoms with van der Waals surface area (Å²) in [5, 5.41) is 10.9. The molecule has 1 saturated heterocycles. The molecule has 3 aliphatic rings. The first-order valence-corrected chi connectivity index (χ1v) is 12.8. The van der Waals surface area contributed by atoms with Gasteiger partial charge in [0.1, 0.15) is 11.4 Å². The third-order valence-corrected chi connectivity index (χ3v) is 7.31. The number of amidine groups is 1. The normalized spacial score (nSPS) is 24.9. The average Bonchev–Trinajstić information content (AvgIpc) is 3.06. The largest absolute Gasteiger partial charge is 0.490 e. The zero-order valence-corrected chi connectivity index (χ0v) is 21.6. The first-order chi connectivity index (χ1) is 17.4. The highest BCUT2D eigenvalue weighted by Crippen LogP contribution is 2.39. The van der Waals surface area contributed by atoms with Gasteiger partial charge in [0.15, 0.2) is 0 Å². The van der Waals surface area contributed by atoms with E-state index in [1.54, 1.807) is 0 Å². The molecular weight excluding hydrogens is 485 g/mol. The average molecular weight is 523 g/mol. The number of nitrogens with zero attached hydrogens (tertiary/aromatic N) is 3. The fraction of sp³-hybridized carbons (Fsp3) is 0.593. The van der Waals surface area contributed by atoms with Crippen molar-refractivity contribution in [1.82, 2.24) is 15.1 Å². The van der Waals surface area contributed by atoms with Crippen molar-refractivity contribution in [2.75, 3.05) is 13.1 Å². The molecule has 2 heterocycles. The van der Waals surface area contributed by atoms with E-state index in [1.165, 1.54) is 37.7 Å². The van der Waals surface area contributed by atoms with E-state index in [9.17, 15) is 18.0 Å². The van der Waals surface area contributed by atoms with E-state index >= 15 is 0 Å². The summed E-state index contributed by atoms with van der Waals surface area (Å²) in [5.41, 5.74) is 2.03. The number of carboxylic acid groups (broad SMARTS) is 1. The number of nitrogens with one attached hydrogen (secondary N) is 1. The molecule has 2 aliphatic heterocycles. The number of carbonyl (C=O) groups excluding carboxylic acids is 1. The smallest absolute Gasteiger partial charge is 0.475 e. The van der Waals surface area contributed by atoms with Crippen LogP contribution in [0.4, 0.5) is 18.0 Å². The molecule has 0 unspecified atom stereocenters. The maximum Gasteiger partial charge on any atom is 0.490 e. The van der Waals surface area contributed by atoms with Crippen molar-refractivity contribution in [3.63, 3.8) is 0 Å². The van der Waals surface area contributed by atoms with Gasteiger partial charge in [-0.2, -0.15) is 18.2 Å². The second-order valence-corrected chi connectivity index (χ2v) is 10.4. The van der Waals surface area contributed by atoms with Gasteiger partial charge in [-0.1, -0.05) is 61.7 Å². The third kappa shape index (κ3) is 7.34. The summed E-state index contributed by atoms with van der Waals surface area (Å²) in [7, 11) is 0. The van der Waals surface area contributed by atoms with Gasteiger partial charge in [0.2, 0.25) is 0 Å². The van der Waals surface area contributed by atoms with Crippen molar-refractivity contribution in [3.8, 4) is 0 Å². The molecule has 2 N–H and O–H groups in total. The van der Waals surface area contributed by atoms with Gasteiger partial charge in [-0.3, -0.25) is 4.90 Å². The summed E-state index contributed by atoms with van der Waals surface area (Å²) in [5.74, 6) is -1.83. The minimum absolute atomic E-state index is 0.0972. The summed E-state index contributed by atoms with van der Waals surface area (Å²) in [4.78, 5) is 31.0. The number of alkyl halides is 3. The fourth-order valence-electron chi connectivity index (χ4n) is 5.45. The molecule has 1 saturated carbocycles. The van der Waals surface area contributed by atoms with Gasteiger partial charge in [-0.15, -0.1) is 0 Å². The van der Waals surface area contributed by atoms with E-state index in [4.69, 9.17) is 9.90 Å². The van der Waals surface area contributed by atoms with Crippen LogP contribution in [0.3, 0.4) is 0 Å². The van der Waals surface area contributed by atoms with Crippen LogP contribution in [0.1, 0.15) is 64.4 Å². The Labute approximate surface area is 216 Å². The number of halogens is 3. The van der Waals surface area contributed by atoms with Crippen molar-refractivity contribution >= 4 is 17.8 Å². The number of hydrogen-bond acceptors (Lipinski definition) is 4. The molecular formula is C27H37F3N4O3. The maximum atomic E-state index is 13.0. The van der Waals surface area contributed by atoms with Crippen LogP contribution in [0.25, 0.3) is 0 Å². The molecule has 4 rings (SSSR count). The number of piperidine rings is 1. The summed E-state index contributed by atoms with van der Waals surface area (Å²) in [6, 6.07) is 11.4. The van der Waals surface area contributed by atoms with Crippen LogP contribution in [-0.4, -0.2) is 69.6 Å². The number of carboxylic acids is 1. The van der Waals surface area contributed by atoms with Crippen LogP contribution >= 0.6 is 0 Å². The Balaban J connectivity index is 0.000000479. The number of amides is 2. The Kier molecular flexibility index (Phi) is 9.39. The minimum atomic E-state index is -5.08. The number of aliphatic imine (C=N–C) groups is 1. The summed E-state index contributed by atoms with van der Waals surface area (Å²) in [6.07, 6.45) is 2.96. The first-order valence-electron chi connectivity index (χ1n) is 12.8. The van der Waals surface area contributed by atoms with Gasteiger partial charge in [-0.25, -0.2) is 9.59 Å². The van der Waals surface area contributed by atoms with Gasteiger partial charge in [0, 0.05) is 31.7 Å². The molecule has 0 aromatic heterocycles. The molecule has 37 heavy (non-hydrogen) atoms. The van der Waals surface area contributed by atoms with Crippen LogP contribution in [0.2, 0.25) is 0 Å². The molecule has 0 bridgehead atoms. The molecule has 1 aliphatic carbocycles. The maximum absolute atomic E-state index is 13.0. The lowest BCUT2D eigenvalue weighted by Crippen LogP contribution is -2.63. The standard InChI is InChI=1S/C25H36N4O.C2HF3O2/c1-19(2)17-29-24(30)27-23(26-22-12-8-5-9-13-22)25(29)14-15-28(20(3)16-25)18-21-10-6-4-7-11-21;3-2(4,5)1(6)7/h4,6-7,10-11,20,22H,1,5,8-9,12-18H2,2-3H3,(H,26,27,30);(H,6,7)/t20-,25+;/m1./s1. The number of rotatable bonds is 5. The first kappa shape index (κ1) is 28.7. The summed E-state index contributed by atoms with van der Waals surface area (Å²) >= 11 is 0. The van der Waals surface area contributed by atoms with E-state index in [-0.39, 0.29) is 11.6 Å². The molecule has 1 spiro atoms. The molecule has 0 radical (unpaired) electrons. The molecule has 2 atom stereocenters. The Morgan fingerprint density at radius 3 is 2.38 bits per heavy atom. The highest BCUT2D eigenvalue weighted by molar-refractivity contribution is 6.07.